The summed E-state index contributed by atoms with van der Waals surface area (Å²) in [5.41, 5.74) is 0. The number of thiophene rings is 1. The summed E-state index contributed by atoms with van der Waals surface area (Å²) in [6, 6.07) is 10.7. The average Bonchev–Trinajstić information content (AvgIpc) is 2.84. The fraction of sp³-hybridized carbons (Fsp3) is 0.286. The molecule has 0 atom stereocenters. The lowest BCUT2D eigenvalue weighted by molar-refractivity contribution is 0.309. The van der Waals surface area contributed by atoms with E-state index < -0.39 is 9.84 Å². The number of nitrogens with one attached hydrogen (secondary N) is 1. The Balaban J connectivity index is 2.03. The minimum absolute atomic E-state index is 0.275. The van der Waals surface area contributed by atoms with E-state index in [-0.39, 0.29) is 4.90 Å². The van der Waals surface area contributed by atoms with Gasteiger partial charge in [-0.25, -0.2) is 8.42 Å². The summed E-state index contributed by atoms with van der Waals surface area (Å²) in [6.07, 6.45) is 1.19. The zero-order valence-electron chi connectivity index (χ0n) is 11.4. The molecule has 0 unspecified atom stereocenters. The van der Waals surface area contributed by atoms with Crippen molar-refractivity contribution < 1.29 is 13.2 Å². The molecule has 2 aromatic rings. The summed E-state index contributed by atoms with van der Waals surface area (Å²) in [7, 11) is -1.29. The van der Waals surface area contributed by atoms with Gasteiger partial charge in [-0.2, -0.15) is 0 Å². The monoisotopic (exact) mass is 311 g/mol. The van der Waals surface area contributed by atoms with Gasteiger partial charge in [0.1, 0.15) is 12.4 Å². The molecule has 0 spiro atoms. The number of benzene rings is 1. The molecule has 4 nitrogen and oxygen atoms in total. The lowest BCUT2D eigenvalue weighted by Crippen LogP contribution is -2.02. The quantitative estimate of drug-likeness (QED) is 0.890. The van der Waals surface area contributed by atoms with E-state index in [0.29, 0.717) is 12.4 Å². The summed E-state index contributed by atoms with van der Waals surface area (Å²) in [6.45, 7) is 1.29. The molecular formula is C14H17NO3S2. The van der Waals surface area contributed by atoms with Gasteiger partial charge >= 0.3 is 0 Å². The van der Waals surface area contributed by atoms with Crippen LogP contribution in [0.3, 0.4) is 0 Å². The molecule has 0 aliphatic carbocycles. The number of ether oxygens (including phenoxy) is 1. The molecule has 0 saturated heterocycles. The topological polar surface area (TPSA) is 55.4 Å². The van der Waals surface area contributed by atoms with E-state index in [0.717, 1.165) is 11.4 Å². The highest BCUT2D eigenvalue weighted by molar-refractivity contribution is 7.90. The first kappa shape index (κ1) is 15.0. The van der Waals surface area contributed by atoms with Crippen LogP contribution in [0, 0.1) is 0 Å². The van der Waals surface area contributed by atoms with Crippen molar-refractivity contribution in [2.75, 3.05) is 13.3 Å². The highest BCUT2D eigenvalue weighted by atomic mass is 32.2. The Labute approximate surface area is 123 Å². The Morgan fingerprint density at radius 1 is 1.20 bits per heavy atom. The molecule has 0 fully saturated rings. The average molecular weight is 311 g/mol. The van der Waals surface area contributed by atoms with Gasteiger partial charge in [-0.1, -0.05) is 6.07 Å². The first-order valence-electron chi connectivity index (χ1n) is 6.14. The second-order valence-corrected chi connectivity index (χ2v) is 7.70. The Kier molecular flexibility index (Phi) is 4.80. The maximum Gasteiger partial charge on any atom is 0.175 e. The fourth-order valence-corrected chi connectivity index (χ4v) is 3.32. The van der Waals surface area contributed by atoms with Crippen LogP contribution in [0.5, 0.6) is 5.75 Å². The second kappa shape index (κ2) is 6.39. The minimum atomic E-state index is -3.20. The van der Waals surface area contributed by atoms with Crippen molar-refractivity contribution in [3.63, 3.8) is 0 Å². The van der Waals surface area contributed by atoms with Gasteiger partial charge in [-0.3, -0.25) is 0 Å². The normalized spacial score (nSPS) is 11.5. The maximum atomic E-state index is 11.5. The molecular weight excluding hydrogens is 294 g/mol. The van der Waals surface area contributed by atoms with Crippen LogP contribution >= 0.6 is 11.3 Å². The summed E-state index contributed by atoms with van der Waals surface area (Å²) >= 11 is 1.68. The highest BCUT2D eigenvalue weighted by Gasteiger charge is 2.08. The van der Waals surface area contributed by atoms with Crippen molar-refractivity contribution in [1.82, 2.24) is 5.32 Å². The molecule has 0 saturated carbocycles. The van der Waals surface area contributed by atoms with Crippen LogP contribution in [-0.4, -0.2) is 21.7 Å². The molecule has 1 aromatic heterocycles. The Morgan fingerprint density at radius 3 is 2.65 bits per heavy atom. The molecule has 20 heavy (non-hydrogen) atoms. The molecule has 0 aliphatic heterocycles. The van der Waals surface area contributed by atoms with E-state index in [1.807, 2.05) is 13.1 Å². The van der Waals surface area contributed by atoms with Crippen molar-refractivity contribution in [3.05, 3.63) is 46.2 Å². The van der Waals surface area contributed by atoms with Crippen molar-refractivity contribution in [2.45, 2.75) is 18.0 Å². The molecule has 1 N–H and O–H groups in total. The second-order valence-electron chi connectivity index (χ2n) is 4.43. The van der Waals surface area contributed by atoms with Crippen LogP contribution < -0.4 is 10.1 Å². The zero-order chi connectivity index (χ0) is 14.6. The van der Waals surface area contributed by atoms with Crippen molar-refractivity contribution >= 4 is 21.2 Å². The third-order valence-corrected chi connectivity index (χ3v) is 4.85. The van der Waals surface area contributed by atoms with Crippen LogP contribution in [-0.2, 0) is 23.0 Å². The van der Waals surface area contributed by atoms with Crippen molar-refractivity contribution in [1.29, 1.82) is 0 Å². The van der Waals surface area contributed by atoms with Crippen molar-refractivity contribution in [2.24, 2.45) is 0 Å². The predicted molar refractivity (Wildman–Crippen MR) is 81.0 cm³/mol. The molecule has 0 bridgehead atoms. The lowest BCUT2D eigenvalue weighted by atomic mass is 10.3. The number of hydrogen-bond acceptors (Lipinski definition) is 5. The first-order valence-corrected chi connectivity index (χ1v) is 8.85. The van der Waals surface area contributed by atoms with Gasteiger partial charge < -0.3 is 10.1 Å². The van der Waals surface area contributed by atoms with Crippen LogP contribution in [0.15, 0.2) is 41.3 Å². The molecule has 1 aromatic carbocycles. The fourth-order valence-electron chi connectivity index (χ4n) is 1.72. The minimum Gasteiger partial charge on any atom is -0.488 e. The van der Waals surface area contributed by atoms with Crippen LogP contribution in [0.25, 0.3) is 0 Å². The molecule has 108 valence electrons. The summed E-state index contributed by atoms with van der Waals surface area (Å²) in [5.74, 6) is 0.566. The van der Waals surface area contributed by atoms with Gasteiger partial charge in [0.05, 0.1) is 4.90 Å². The van der Waals surface area contributed by atoms with Gasteiger partial charge in [0.25, 0.3) is 0 Å². The number of hydrogen-bond donors (Lipinski definition) is 1. The smallest absolute Gasteiger partial charge is 0.175 e. The standard InChI is InChI=1S/C14H17NO3S2/c1-15-9-12-6-7-13(19-12)10-18-11-4-3-5-14(8-11)20(2,16)17/h3-8,15H,9-10H2,1-2H3. The van der Waals surface area contributed by atoms with Gasteiger partial charge in [0.15, 0.2) is 9.84 Å². The van der Waals surface area contributed by atoms with E-state index in [1.54, 1.807) is 35.6 Å². The largest absolute Gasteiger partial charge is 0.488 e. The van der Waals surface area contributed by atoms with Gasteiger partial charge in [0.2, 0.25) is 0 Å². The van der Waals surface area contributed by atoms with E-state index in [1.165, 1.54) is 11.1 Å². The first-order chi connectivity index (χ1) is 9.49. The number of rotatable bonds is 6. The number of sulfone groups is 1. The Hall–Kier alpha value is -1.37. The molecule has 0 radical (unpaired) electrons. The zero-order valence-corrected chi connectivity index (χ0v) is 13.1. The third-order valence-electron chi connectivity index (χ3n) is 2.68. The summed E-state index contributed by atoms with van der Waals surface area (Å²) in [4.78, 5) is 2.63. The van der Waals surface area contributed by atoms with Crippen LogP contribution in [0.1, 0.15) is 9.75 Å². The summed E-state index contributed by atoms with van der Waals surface area (Å²) < 4.78 is 28.6. The SMILES string of the molecule is CNCc1ccc(COc2cccc(S(C)(=O)=O)c2)s1. The third kappa shape index (κ3) is 4.06. The highest BCUT2D eigenvalue weighted by Crippen LogP contribution is 2.21. The molecule has 1 heterocycles. The van der Waals surface area contributed by atoms with Gasteiger partial charge in [0, 0.05) is 22.6 Å². The molecule has 6 heteroatoms. The lowest BCUT2D eigenvalue weighted by Gasteiger charge is -2.06. The molecule has 0 aliphatic rings. The molecule has 2 rings (SSSR count). The van der Waals surface area contributed by atoms with Crippen LogP contribution in [0.4, 0.5) is 0 Å². The van der Waals surface area contributed by atoms with E-state index in [2.05, 4.69) is 11.4 Å². The Bertz CT molecular complexity index is 677. The van der Waals surface area contributed by atoms with E-state index in [4.69, 9.17) is 4.74 Å². The van der Waals surface area contributed by atoms with E-state index in [9.17, 15) is 8.42 Å². The molecule has 0 amide bonds. The maximum absolute atomic E-state index is 11.5. The van der Waals surface area contributed by atoms with Crippen molar-refractivity contribution in [3.8, 4) is 5.75 Å². The van der Waals surface area contributed by atoms with Gasteiger partial charge in [-0.15, -0.1) is 11.3 Å². The van der Waals surface area contributed by atoms with Gasteiger partial charge in [-0.05, 0) is 37.4 Å². The van der Waals surface area contributed by atoms with E-state index >= 15 is 0 Å². The Morgan fingerprint density at radius 2 is 1.95 bits per heavy atom. The predicted octanol–water partition coefficient (Wildman–Crippen LogP) is 2.45. The summed E-state index contributed by atoms with van der Waals surface area (Å²) in [5, 5.41) is 3.10. The van der Waals surface area contributed by atoms with Crippen LogP contribution in [0.2, 0.25) is 0 Å².